The molecule has 1 aromatic heterocycles. The third-order valence-electron chi connectivity index (χ3n) is 3.59. The van der Waals surface area contributed by atoms with Crippen LogP contribution in [0, 0.1) is 3.57 Å². The third-order valence-corrected chi connectivity index (χ3v) is 5.17. The van der Waals surface area contributed by atoms with Crippen molar-refractivity contribution in [1.29, 1.82) is 0 Å². The fourth-order valence-corrected chi connectivity index (χ4v) is 2.92. The fourth-order valence-electron chi connectivity index (χ4n) is 2.37. The van der Waals surface area contributed by atoms with Crippen LogP contribution in [0.3, 0.4) is 0 Å². The number of halogens is 2. The van der Waals surface area contributed by atoms with Crippen LogP contribution in [0.1, 0.15) is 38.6 Å². The quantitative estimate of drug-likeness (QED) is 0.557. The highest BCUT2D eigenvalue weighted by molar-refractivity contribution is 14.1. The van der Waals surface area contributed by atoms with Crippen LogP contribution in [-0.2, 0) is 4.79 Å². The van der Waals surface area contributed by atoms with Crippen LogP contribution in [0.15, 0.2) is 11.1 Å². The van der Waals surface area contributed by atoms with Gasteiger partial charge in [-0.3, -0.25) is 14.2 Å². The summed E-state index contributed by atoms with van der Waals surface area (Å²) in [4.78, 5) is 30.5. The molecule has 1 saturated heterocycles. The summed E-state index contributed by atoms with van der Waals surface area (Å²) in [6, 6.07) is -0.543. The highest BCUT2D eigenvalue weighted by Gasteiger charge is 2.24. The lowest BCUT2D eigenvalue weighted by atomic mass is 10.2. The van der Waals surface area contributed by atoms with E-state index in [0.717, 1.165) is 25.9 Å². The minimum absolute atomic E-state index is 0.0195. The molecule has 5 nitrogen and oxygen atoms in total. The second-order valence-electron chi connectivity index (χ2n) is 4.98. The second-order valence-corrected chi connectivity index (χ2v) is 6.41. The maximum absolute atomic E-state index is 12.5. The molecule has 0 N–H and O–H groups in total. The van der Waals surface area contributed by atoms with Gasteiger partial charge in [-0.05, 0) is 42.4 Å². The summed E-state index contributed by atoms with van der Waals surface area (Å²) in [6.07, 6.45) is 5.75. The van der Waals surface area contributed by atoms with E-state index in [0.29, 0.717) is 3.57 Å². The zero-order chi connectivity index (χ0) is 14.7. The lowest BCUT2D eigenvalue weighted by Crippen LogP contribution is -2.40. The molecule has 110 valence electrons. The molecule has 2 rings (SSSR count). The van der Waals surface area contributed by atoms with Crippen molar-refractivity contribution in [2.75, 3.05) is 13.1 Å². The molecule has 0 aromatic carbocycles. The number of hydrogen-bond donors (Lipinski definition) is 0. The highest BCUT2D eigenvalue weighted by atomic mass is 127. The van der Waals surface area contributed by atoms with Crippen molar-refractivity contribution in [3.8, 4) is 0 Å². The van der Waals surface area contributed by atoms with Gasteiger partial charge in [0, 0.05) is 13.1 Å². The first kappa shape index (κ1) is 15.8. The van der Waals surface area contributed by atoms with E-state index in [4.69, 9.17) is 11.6 Å². The van der Waals surface area contributed by atoms with Gasteiger partial charge in [0.05, 0.1) is 6.33 Å². The summed E-state index contributed by atoms with van der Waals surface area (Å²) in [5.74, 6) is -0.0195. The van der Waals surface area contributed by atoms with Gasteiger partial charge in [-0.25, -0.2) is 4.98 Å². The summed E-state index contributed by atoms with van der Waals surface area (Å²) in [7, 11) is 0. The van der Waals surface area contributed by atoms with Crippen molar-refractivity contribution in [3.05, 3.63) is 25.4 Å². The number of rotatable bonds is 2. The molecular formula is C13H17ClIN3O2. The number of aromatic nitrogens is 2. The van der Waals surface area contributed by atoms with Gasteiger partial charge in [0.15, 0.2) is 0 Å². The smallest absolute Gasteiger partial charge is 0.269 e. The van der Waals surface area contributed by atoms with Crippen LogP contribution in [0.5, 0.6) is 0 Å². The van der Waals surface area contributed by atoms with E-state index in [1.54, 1.807) is 6.92 Å². The fraction of sp³-hybridized carbons (Fsp3) is 0.615. The largest absolute Gasteiger partial charge is 0.341 e. The van der Waals surface area contributed by atoms with Crippen molar-refractivity contribution >= 4 is 40.1 Å². The van der Waals surface area contributed by atoms with E-state index in [1.807, 2.05) is 27.5 Å². The minimum atomic E-state index is -0.543. The van der Waals surface area contributed by atoms with Gasteiger partial charge in [0.1, 0.15) is 14.8 Å². The van der Waals surface area contributed by atoms with Crippen molar-refractivity contribution in [2.45, 2.75) is 38.6 Å². The Bertz CT molecular complexity index is 553. The molecule has 1 aliphatic heterocycles. The molecule has 1 aromatic rings. The van der Waals surface area contributed by atoms with Crippen LogP contribution >= 0.6 is 34.2 Å². The van der Waals surface area contributed by atoms with Gasteiger partial charge in [-0.1, -0.05) is 24.4 Å². The average Bonchev–Trinajstić information content (AvgIpc) is 2.72. The third kappa shape index (κ3) is 3.33. The molecule has 1 fully saturated rings. The van der Waals surface area contributed by atoms with Gasteiger partial charge in [0.25, 0.3) is 5.56 Å². The van der Waals surface area contributed by atoms with E-state index in [-0.39, 0.29) is 16.6 Å². The molecule has 0 bridgehead atoms. The molecule has 20 heavy (non-hydrogen) atoms. The van der Waals surface area contributed by atoms with Crippen LogP contribution in [0.2, 0.25) is 5.15 Å². The van der Waals surface area contributed by atoms with E-state index in [1.165, 1.54) is 23.7 Å². The normalized spacial score (nSPS) is 17.6. The van der Waals surface area contributed by atoms with Gasteiger partial charge >= 0.3 is 0 Å². The Hall–Kier alpha value is -0.630. The topological polar surface area (TPSA) is 55.2 Å². The Morgan fingerprint density at radius 1 is 1.35 bits per heavy atom. The lowest BCUT2D eigenvalue weighted by molar-refractivity contribution is -0.134. The maximum Gasteiger partial charge on any atom is 0.269 e. The SMILES string of the molecule is CC(C(=O)N1CCCCCC1)n1cnc(Cl)c(I)c1=O. The van der Waals surface area contributed by atoms with Crippen LogP contribution in [0.25, 0.3) is 0 Å². The van der Waals surface area contributed by atoms with E-state index >= 15 is 0 Å². The zero-order valence-electron chi connectivity index (χ0n) is 11.3. The Morgan fingerprint density at radius 2 is 1.95 bits per heavy atom. The predicted molar refractivity (Wildman–Crippen MR) is 86.0 cm³/mol. The van der Waals surface area contributed by atoms with Crippen molar-refractivity contribution in [2.24, 2.45) is 0 Å². The van der Waals surface area contributed by atoms with Crippen LogP contribution < -0.4 is 5.56 Å². The molecule has 0 spiro atoms. The molecule has 0 aliphatic carbocycles. The van der Waals surface area contributed by atoms with E-state index in [9.17, 15) is 9.59 Å². The molecule has 1 atom stereocenters. The van der Waals surface area contributed by atoms with Gasteiger partial charge in [0.2, 0.25) is 5.91 Å². The number of carbonyl (C=O) groups is 1. The second kappa shape index (κ2) is 6.89. The molecule has 7 heteroatoms. The maximum atomic E-state index is 12.5. The molecule has 0 radical (unpaired) electrons. The minimum Gasteiger partial charge on any atom is -0.341 e. The number of nitrogens with zero attached hydrogens (tertiary/aromatic N) is 3. The lowest BCUT2D eigenvalue weighted by Gasteiger charge is -2.25. The molecule has 2 heterocycles. The first-order valence-corrected chi connectivity index (χ1v) is 8.19. The molecular weight excluding hydrogens is 393 g/mol. The highest BCUT2D eigenvalue weighted by Crippen LogP contribution is 2.16. The summed E-state index contributed by atoms with van der Waals surface area (Å²) in [5.41, 5.74) is -0.263. The number of likely N-dealkylation sites (tertiary alicyclic amines) is 1. The summed E-state index contributed by atoms with van der Waals surface area (Å²) >= 11 is 7.67. The predicted octanol–water partition coefficient (Wildman–Crippen LogP) is 2.46. The zero-order valence-corrected chi connectivity index (χ0v) is 14.2. The monoisotopic (exact) mass is 409 g/mol. The Balaban J connectivity index is 2.22. The van der Waals surface area contributed by atoms with E-state index < -0.39 is 6.04 Å². The molecule has 0 saturated carbocycles. The molecule has 1 amide bonds. The Kier molecular flexibility index (Phi) is 5.42. The number of carbonyl (C=O) groups excluding carboxylic acids is 1. The first-order chi connectivity index (χ1) is 9.52. The van der Waals surface area contributed by atoms with Crippen LogP contribution in [-0.4, -0.2) is 33.4 Å². The van der Waals surface area contributed by atoms with Crippen molar-refractivity contribution in [1.82, 2.24) is 14.5 Å². The van der Waals surface area contributed by atoms with Gasteiger partial charge in [-0.2, -0.15) is 0 Å². The number of amides is 1. The van der Waals surface area contributed by atoms with Gasteiger partial charge in [-0.15, -0.1) is 0 Å². The molecule has 1 aliphatic rings. The number of hydrogen-bond acceptors (Lipinski definition) is 3. The Morgan fingerprint density at radius 3 is 2.55 bits per heavy atom. The first-order valence-electron chi connectivity index (χ1n) is 6.73. The standard InChI is InChI=1S/C13H17ClIN3O2/c1-9(12(19)17-6-4-2-3-5-7-17)18-8-16-11(14)10(15)13(18)20/h8-9H,2-7H2,1H3. The summed E-state index contributed by atoms with van der Waals surface area (Å²) in [6.45, 7) is 3.28. The van der Waals surface area contributed by atoms with E-state index in [2.05, 4.69) is 4.98 Å². The average molecular weight is 410 g/mol. The van der Waals surface area contributed by atoms with Crippen LogP contribution in [0.4, 0.5) is 0 Å². The van der Waals surface area contributed by atoms with Crippen molar-refractivity contribution in [3.63, 3.8) is 0 Å². The Labute approximate surface area is 136 Å². The molecule has 1 unspecified atom stereocenters. The summed E-state index contributed by atoms with van der Waals surface area (Å²) in [5, 5.41) is 0.182. The summed E-state index contributed by atoms with van der Waals surface area (Å²) < 4.78 is 1.71. The van der Waals surface area contributed by atoms with Gasteiger partial charge < -0.3 is 4.90 Å². The van der Waals surface area contributed by atoms with Crippen molar-refractivity contribution < 1.29 is 4.79 Å².